The van der Waals surface area contributed by atoms with Crippen molar-refractivity contribution < 1.29 is 4.39 Å². The van der Waals surface area contributed by atoms with E-state index in [9.17, 15) is 4.39 Å². The summed E-state index contributed by atoms with van der Waals surface area (Å²) in [6.45, 7) is 6.27. The van der Waals surface area contributed by atoms with E-state index in [1.54, 1.807) is 18.6 Å². The van der Waals surface area contributed by atoms with E-state index >= 15 is 0 Å². The van der Waals surface area contributed by atoms with Crippen LogP contribution in [0.5, 0.6) is 0 Å². The molecule has 1 spiro atoms. The predicted octanol–water partition coefficient (Wildman–Crippen LogP) is 2.99. The average Bonchev–Trinajstić information content (AvgIpc) is 3.34. The molecule has 5 heterocycles. The van der Waals surface area contributed by atoms with Crippen molar-refractivity contribution in [1.82, 2.24) is 30.0 Å². The first-order valence-electron chi connectivity index (χ1n) is 10.3. The lowest BCUT2D eigenvalue weighted by atomic mass is 9.78. The normalized spacial score (nSPS) is 19.4. The number of piperidine rings is 1. The molecule has 0 amide bonds. The molecule has 152 valence electrons. The first-order chi connectivity index (χ1) is 14.2. The fourth-order valence-electron chi connectivity index (χ4n) is 4.84. The average molecular weight is 395 g/mol. The van der Waals surface area contributed by atoms with Crippen LogP contribution >= 0.6 is 0 Å². The van der Waals surface area contributed by atoms with Crippen molar-refractivity contribution in [2.45, 2.75) is 26.2 Å². The minimum absolute atomic E-state index is 0.251. The van der Waals surface area contributed by atoms with Gasteiger partial charge in [-0.05, 0) is 44.2 Å². The van der Waals surface area contributed by atoms with Gasteiger partial charge in [0.2, 0.25) is 0 Å². The number of nitrogens with one attached hydrogen (secondary N) is 1. The van der Waals surface area contributed by atoms with Crippen molar-refractivity contribution in [1.29, 1.82) is 0 Å². The number of alkyl halides is 1. The molecule has 0 atom stereocenters. The standard InChI is InChI=1S/C21H26FN7/c1-15-17(12-24-27-15)19-25-18-13-23-7-2-16(18)20(26-19)29-9-4-21(5-10-29)3-8-28(14-21)11-6-22/h2,7,12-13H,3-6,8-11,14H2,1H3,(H,24,27). The van der Waals surface area contributed by atoms with Gasteiger partial charge >= 0.3 is 0 Å². The highest BCUT2D eigenvalue weighted by Gasteiger charge is 2.40. The van der Waals surface area contributed by atoms with Gasteiger partial charge in [0.15, 0.2) is 5.82 Å². The number of aromatic amines is 1. The summed E-state index contributed by atoms with van der Waals surface area (Å²) in [5.74, 6) is 1.66. The second-order valence-corrected chi connectivity index (χ2v) is 8.37. The monoisotopic (exact) mass is 395 g/mol. The van der Waals surface area contributed by atoms with Gasteiger partial charge < -0.3 is 9.80 Å². The molecule has 3 aromatic rings. The summed E-state index contributed by atoms with van der Waals surface area (Å²) >= 11 is 0. The van der Waals surface area contributed by atoms with Gasteiger partial charge in [-0.1, -0.05) is 0 Å². The van der Waals surface area contributed by atoms with Crippen LogP contribution in [0.3, 0.4) is 0 Å². The second kappa shape index (κ2) is 7.33. The van der Waals surface area contributed by atoms with Crippen LogP contribution in [0.15, 0.2) is 24.7 Å². The second-order valence-electron chi connectivity index (χ2n) is 8.37. The number of rotatable bonds is 4. The molecule has 5 rings (SSSR count). The zero-order valence-electron chi connectivity index (χ0n) is 16.7. The van der Waals surface area contributed by atoms with E-state index in [4.69, 9.17) is 9.97 Å². The first kappa shape index (κ1) is 18.4. The summed E-state index contributed by atoms with van der Waals surface area (Å²) in [5.41, 5.74) is 3.06. The van der Waals surface area contributed by atoms with Gasteiger partial charge in [0.05, 0.1) is 23.5 Å². The van der Waals surface area contributed by atoms with Crippen LogP contribution in [-0.4, -0.2) is 69.4 Å². The molecule has 0 aromatic carbocycles. The van der Waals surface area contributed by atoms with Gasteiger partial charge in [-0.2, -0.15) is 5.10 Å². The predicted molar refractivity (Wildman–Crippen MR) is 111 cm³/mol. The molecular formula is C21H26FN7. The van der Waals surface area contributed by atoms with E-state index in [0.29, 0.717) is 17.8 Å². The molecule has 0 unspecified atom stereocenters. The fourth-order valence-corrected chi connectivity index (χ4v) is 4.84. The molecule has 2 saturated heterocycles. The third-order valence-electron chi connectivity index (χ3n) is 6.59. The summed E-state index contributed by atoms with van der Waals surface area (Å²) in [7, 11) is 0. The Morgan fingerprint density at radius 3 is 2.72 bits per heavy atom. The Kier molecular flexibility index (Phi) is 4.66. The molecule has 0 bridgehead atoms. The smallest absolute Gasteiger partial charge is 0.165 e. The number of pyridine rings is 1. The molecule has 8 heteroatoms. The van der Waals surface area contributed by atoms with Crippen LogP contribution < -0.4 is 4.90 Å². The Hall–Kier alpha value is -2.61. The lowest BCUT2D eigenvalue weighted by Gasteiger charge is -2.40. The van der Waals surface area contributed by atoms with E-state index in [-0.39, 0.29) is 6.67 Å². The number of likely N-dealkylation sites (tertiary alicyclic amines) is 1. The summed E-state index contributed by atoms with van der Waals surface area (Å²) in [6, 6.07) is 2.00. The van der Waals surface area contributed by atoms with Gasteiger partial charge in [0, 0.05) is 43.5 Å². The molecule has 2 aliphatic heterocycles. The lowest BCUT2D eigenvalue weighted by Crippen LogP contribution is -2.42. The zero-order chi connectivity index (χ0) is 19.8. The lowest BCUT2D eigenvalue weighted by molar-refractivity contribution is 0.202. The molecule has 7 nitrogen and oxygen atoms in total. The van der Waals surface area contributed by atoms with Crippen LogP contribution in [0.25, 0.3) is 22.3 Å². The zero-order valence-corrected chi connectivity index (χ0v) is 16.7. The number of hydrogen-bond donors (Lipinski definition) is 1. The van der Waals surface area contributed by atoms with E-state index in [2.05, 4.69) is 25.0 Å². The van der Waals surface area contributed by atoms with Gasteiger partial charge in [0.25, 0.3) is 0 Å². The minimum atomic E-state index is -0.251. The number of anilines is 1. The minimum Gasteiger partial charge on any atom is -0.356 e. The van der Waals surface area contributed by atoms with Gasteiger partial charge in [-0.15, -0.1) is 0 Å². The number of hydrogen-bond acceptors (Lipinski definition) is 6. The van der Waals surface area contributed by atoms with Crippen LogP contribution in [0.1, 0.15) is 25.0 Å². The van der Waals surface area contributed by atoms with Crippen LogP contribution in [0, 0.1) is 12.3 Å². The molecule has 0 saturated carbocycles. The quantitative estimate of drug-likeness (QED) is 0.732. The number of nitrogens with zero attached hydrogens (tertiary/aromatic N) is 6. The van der Waals surface area contributed by atoms with Crippen molar-refractivity contribution in [2.24, 2.45) is 5.41 Å². The number of aromatic nitrogens is 5. The molecule has 2 fully saturated rings. The first-order valence-corrected chi connectivity index (χ1v) is 10.3. The number of aryl methyl sites for hydroxylation is 1. The summed E-state index contributed by atoms with van der Waals surface area (Å²) in [4.78, 5) is 18.6. The summed E-state index contributed by atoms with van der Waals surface area (Å²) < 4.78 is 12.7. The van der Waals surface area contributed by atoms with E-state index in [1.165, 1.54) is 6.42 Å². The van der Waals surface area contributed by atoms with Crippen LogP contribution in [0.4, 0.5) is 10.2 Å². The molecule has 29 heavy (non-hydrogen) atoms. The number of fused-ring (bicyclic) bond motifs is 1. The highest BCUT2D eigenvalue weighted by molar-refractivity contribution is 5.90. The third-order valence-corrected chi connectivity index (χ3v) is 6.59. The topological polar surface area (TPSA) is 73.8 Å². The highest BCUT2D eigenvalue weighted by Crippen LogP contribution is 2.42. The van der Waals surface area contributed by atoms with E-state index < -0.39 is 0 Å². The Labute approximate surface area is 169 Å². The summed E-state index contributed by atoms with van der Waals surface area (Å²) in [5, 5.41) is 8.13. The SMILES string of the molecule is Cc1[nH]ncc1-c1nc(N2CCC3(CCN(CCF)C3)CC2)c2ccncc2n1. The fraction of sp³-hybridized carbons (Fsp3) is 0.524. The maximum atomic E-state index is 12.7. The van der Waals surface area contributed by atoms with Gasteiger partial charge in [-0.3, -0.25) is 10.1 Å². The number of halogens is 1. The van der Waals surface area contributed by atoms with Crippen molar-refractivity contribution >= 4 is 16.7 Å². The van der Waals surface area contributed by atoms with Crippen molar-refractivity contribution in [3.8, 4) is 11.4 Å². The third kappa shape index (κ3) is 3.35. The Morgan fingerprint density at radius 2 is 1.97 bits per heavy atom. The molecule has 2 aliphatic rings. The molecular weight excluding hydrogens is 369 g/mol. The van der Waals surface area contributed by atoms with E-state index in [0.717, 1.165) is 67.0 Å². The largest absolute Gasteiger partial charge is 0.356 e. The van der Waals surface area contributed by atoms with Crippen molar-refractivity contribution in [2.75, 3.05) is 44.3 Å². The van der Waals surface area contributed by atoms with E-state index in [1.807, 2.05) is 13.0 Å². The molecule has 0 aliphatic carbocycles. The van der Waals surface area contributed by atoms with Crippen molar-refractivity contribution in [3.05, 3.63) is 30.4 Å². The van der Waals surface area contributed by atoms with Gasteiger partial charge in [-0.25, -0.2) is 14.4 Å². The molecule has 1 N–H and O–H groups in total. The highest BCUT2D eigenvalue weighted by atomic mass is 19.1. The molecule has 3 aromatic heterocycles. The maximum Gasteiger partial charge on any atom is 0.165 e. The Morgan fingerprint density at radius 1 is 1.14 bits per heavy atom. The van der Waals surface area contributed by atoms with Crippen molar-refractivity contribution in [3.63, 3.8) is 0 Å². The Balaban J connectivity index is 1.44. The summed E-state index contributed by atoms with van der Waals surface area (Å²) in [6.07, 6.45) is 8.79. The molecule has 0 radical (unpaired) electrons. The van der Waals surface area contributed by atoms with Crippen LogP contribution in [0.2, 0.25) is 0 Å². The maximum absolute atomic E-state index is 12.7. The number of H-pyrrole nitrogens is 1. The van der Waals surface area contributed by atoms with Gasteiger partial charge in [0.1, 0.15) is 12.5 Å². The van der Waals surface area contributed by atoms with Crippen LogP contribution in [-0.2, 0) is 0 Å². The Bertz CT molecular complexity index is 1010.